The summed E-state index contributed by atoms with van der Waals surface area (Å²) in [5.74, 6) is 0.594. The molecule has 1 aromatic rings. The van der Waals surface area contributed by atoms with Gasteiger partial charge in [0.2, 0.25) is 0 Å². The molecule has 0 amide bonds. The fourth-order valence-electron chi connectivity index (χ4n) is 1.36. The van der Waals surface area contributed by atoms with E-state index in [0.717, 1.165) is 12.8 Å². The molecule has 0 N–H and O–H groups in total. The monoisotopic (exact) mass is 161 g/mol. The number of rotatable bonds is 4. The Balaban J connectivity index is 2.72. The molecular weight excluding hydrogens is 146 g/mol. The topological polar surface area (TPSA) is 12.9 Å². The summed E-state index contributed by atoms with van der Waals surface area (Å²) >= 11 is 0. The number of hydrogen-bond donors (Lipinski definition) is 0. The van der Waals surface area contributed by atoms with E-state index in [1.54, 1.807) is 0 Å². The SMILES string of the molecule is C=CCC(CC)c1cccnc1. The first-order valence-corrected chi connectivity index (χ1v) is 4.39. The third kappa shape index (κ3) is 2.19. The smallest absolute Gasteiger partial charge is 0.0302 e. The molecule has 0 aromatic carbocycles. The van der Waals surface area contributed by atoms with E-state index >= 15 is 0 Å². The summed E-state index contributed by atoms with van der Waals surface area (Å²) in [7, 11) is 0. The molecular formula is C11H15N. The molecule has 0 bridgehead atoms. The first-order valence-electron chi connectivity index (χ1n) is 4.39. The Labute approximate surface area is 74.2 Å². The first-order chi connectivity index (χ1) is 5.88. The quantitative estimate of drug-likeness (QED) is 0.618. The molecule has 1 atom stereocenters. The van der Waals surface area contributed by atoms with Crippen molar-refractivity contribution >= 4 is 0 Å². The Hall–Kier alpha value is -1.11. The largest absolute Gasteiger partial charge is 0.264 e. The van der Waals surface area contributed by atoms with Crippen molar-refractivity contribution in [3.05, 3.63) is 42.7 Å². The molecule has 0 aliphatic heterocycles. The molecule has 1 heterocycles. The van der Waals surface area contributed by atoms with Gasteiger partial charge in [-0.05, 0) is 30.4 Å². The van der Waals surface area contributed by atoms with Crippen molar-refractivity contribution in [1.29, 1.82) is 0 Å². The highest BCUT2D eigenvalue weighted by atomic mass is 14.6. The van der Waals surface area contributed by atoms with Crippen molar-refractivity contribution in [3.63, 3.8) is 0 Å². The minimum absolute atomic E-state index is 0.594. The van der Waals surface area contributed by atoms with Crippen LogP contribution in [0.4, 0.5) is 0 Å². The Morgan fingerprint density at radius 2 is 2.50 bits per heavy atom. The fourth-order valence-corrected chi connectivity index (χ4v) is 1.36. The molecule has 0 aliphatic rings. The summed E-state index contributed by atoms with van der Waals surface area (Å²) in [6, 6.07) is 4.12. The van der Waals surface area contributed by atoms with Crippen LogP contribution in [0.2, 0.25) is 0 Å². The van der Waals surface area contributed by atoms with Crippen LogP contribution in [0.1, 0.15) is 31.2 Å². The summed E-state index contributed by atoms with van der Waals surface area (Å²) in [6.07, 6.45) is 7.92. The lowest BCUT2D eigenvalue weighted by Crippen LogP contribution is -1.95. The van der Waals surface area contributed by atoms with Crippen LogP contribution in [0.15, 0.2) is 37.2 Å². The molecule has 1 heteroatoms. The van der Waals surface area contributed by atoms with Gasteiger partial charge in [-0.3, -0.25) is 4.98 Å². The van der Waals surface area contributed by atoms with E-state index in [2.05, 4.69) is 24.6 Å². The molecule has 12 heavy (non-hydrogen) atoms. The molecule has 0 fully saturated rings. The highest BCUT2D eigenvalue weighted by Gasteiger charge is 2.05. The number of allylic oxidation sites excluding steroid dienone is 1. The second-order valence-electron chi connectivity index (χ2n) is 2.92. The second kappa shape index (κ2) is 4.70. The average molecular weight is 161 g/mol. The fraction of sp³-hybridized carbons (Fsp3) is 0.364. The molecule has 1 aromatic heterocycles. The molecule has 64 valence electrons. The van der Waals surface area contributed by atoms with Crippen molar-refractivity contribution in [2.24, 2.45) is 0 Å². The van der Waals surface area contributed by atoms with E-state index < -0.39 is 0 Å². The molecule has 1 rings (SSSR count). The van der Waals surface area contributed by atoms with Gasteiger partial charge in [-0.1, -0.05) is 19.1 Å². The van der Waals surface area contributed by atoms with E-state index in [1.807, 2.05) is 24.5 Å². The van der Waals surface area contributed by atoms with Crippen molar-refractivity contribution in [1.82, 2.24) is 4.98 Å². The maximum Gasteiger partial charge on any atom is 0.0302 e. The minimum Gasteiger partial charge on any atom is -0.264 e. The van der Waals surface area contributed by atoms with Crippen LogP contribution in [0.5, 0.6) is 0 Å². The van der Waals surface area contributed by atoms with E-state index in [4.69, 9.17) is 0 Å². The summed E-state index contributed by atoms with van der Waals surface area (Å²) < 4.78 is 0. The summed E-state index contributed by atoms with van der Waals surface area (Å²) in [5, 5.41) is 0. The Kier molecular flexibility index (Phi) is 3.52. The van der Waals surface area contributed by atoms with Crippen LogP contribution in [0.25, 0.3) is 0 Å². The maximum atomic E-state index is 4.10. The number of hydrogen-bond acceptors (Lipinski definition) is 1. The van der Waals surface area contributed by atoms with Gasteiger partial charge < -0.3 is 0 Å². The van der Waals surface area contributed by atoms with Gasteiger partial charge in [-0.15, -0.1) is 6.58 Å². The number of aromatic nitrogens is 1. The zero-order chi connectivity index (χ0) is 8.81. The standard InChI is InChI=1S/C11H15N/c1-3-6-10(4-2)11-7-5-8-12-9-11/h3,5,7-10H,1,4,6H2,2H3. The lowest BCUT2D eigenvalue weighted by Gasteiger charge is -2.11. The first kappa shape index (κ1) is 8.98. The molecule has 0 aliphatic carbocycles. The average Bonchev–Trinajstić information content (AvgIpc) is 2.15. The maximum absolute atomic E-state index is 4.10. The van der Waals surface area contributed by atoms with Crippen LogP contribution < -0.4 is 0 Å². The van der Waals surface area contributed by atoms with Crippen LogP contribution in [-0.4, -0.2) is 4.98 Å². The van der Waals surface area contributed by atoms with Gasteiger partial charge in [0.1, 0.15) is 0 Å². The Morgan fingerprint density at radius 1 is 1.67 bits per heavy atom. The van der Waals surface area contributed by atoms with E-state index in [9.17, 15) is 0 Å². The molecule has 1 unspecified atom stereocenters. The summed E-state index contributed by atoms with van der Waals surface area (Å²) in [5.41, 5.74) is 1.32. The van der Waals surface area contributed by atoms with Gasteiger partial charge in [0.25, 0.3) is 0 Å². The molecule has 0 spiro atoms. The predicted molar refractivity (Wildman–Crippen MR) is 52.1 cm³/mol. The van der Waals surface area contributed by atoms with Gasteiger partial charge in [-0.25, -0.2) is 0 Å². The Morgan fingerprint density at radius 3 is 3.00 bits per heavy atom. The normalized spacial score (nSPS) is 12.4. The number of pyridine rings is 1. The predicted octanol–water partition coefficient (Wildman–Crippen LogP) is 3.15. The van der Waals surface area contributed by atoms with Crippen LogP contribution >= 0.6 is 0 Å². The lowest BCUT2D eigenvalue weighted by atomic mass is 9.95. The zero-order valence-electron chi connectivity index (χ0n) is 7.53. The third-order valence-corrected chi connectivity index (χ3v) is 2.10. The van der Waals surface area contributed by atoms with Crippen LogP contribution in [0.3, 0.4) is 0 Å². The van der Waals surface area contributed by atoms with E-state index in [-0.39, 0.29) is 0 Å². The highest BCUT2D eigenvalue weighted by molar-refractivity contribution is 5.15. The van der Waals surface area contributed by atoms with Crippen LogP contribution in [-0.2, 0) is 0 Å². The van der Waals surface area contributed by atoms with Gasteiger partial charge >= 0.3 is 0 Å². The van der Waals surface area contributed by atoms with Gasteiger partial charge in [0.05, 0.1) is 0 Å². The molecule has 1 nitrogen and oxygen atoms in total. The van der Waals surface area contributed by atoms with Crippen molar-refractivity contribution < 1.29 is 0 Å². The van der Waals surface area contributed by atoms with Crippen LogP contribution in [0, 0.1) is 0 Å². The summed E-state index contributed by atoms with van der Waals surface area (Å²) in [4.78, 5) is 4.10. The molecule has 0 saturated carbocycles. The molecule has 0 saturated heterocycles. The minimum atomic E-state index is 0.594. The number of nitrogens with zero attached hydrogens (tertiary/aromatic N) is 1. The van der Waals surface area contributed by atoms with E-state index in [0.29, 0.717) is 5.92 Å². The van der Waals surface area contributed by atoms with Crippen molar-refractivity contribution in [3.8, 4) is 0 Å². The second-order valence-corrected chi connectivity index (χ2v) is 2.92. The molecule has 0 radical (unpaired) electrons. The van der Waals surface area contributed by atoms with Gasteiger partial charge in [0.15, 0.2) is 0 Å². The third-order valence-electron chi connectivity index (χ3n) is 2.10. The van der Waals surface area contributed by atoms with Gasteiger partial charge in [0, 0.05) is 12.4 Å². The van der Waals surface area contributed by atoms with Crippen molar-refractivity contribution in [2.45, 2.75) is 25.7 Å². The van der Waals surface area contributed by atoms with Gasteiger partial charge in [-0.2, -0.15) is 0 Å². The lowest BCUT2D eigenvalue weighted by molar-refractivity contribution is 0.672. The summed E-state index contributed by atoms with van der Waals surface area (Å²) in [6.45, 7) is 5.95. The highest BCUT2D eigenvalue weighted by Crippen LogP contribution is 2.21. The zero-order valence-corrected chi connectivity index (χ0v) is 7.53. The van der Waals surface area contributed by atoms with Crippen molar-refractivity contribution in [2.75, 3.05) is 0 Å². The Bertz CT molecular complexity index is 228. The van der Waals surface area contributed by atoms with E-state index in [1.165, 1.54) is 5.56 Å².